The normalized spacial score (nSPS) is 11.0. The summed E-state index contributed by atoms with van der Waals surface area (Å²) >= 11 is 3.41. The zero-order valence-electron chi connectivity index (χ0n) is 16.2. The molecule has 4 aromatic rings. The summed E-state index contributed by atoms with van der Waals surface area (Å²) in [7, 11) is 0. The molecule has 0 aliphatic rings. The smallest absolute Gasteiger partial charge is 0.176 e. The van der Waals surface area contributed by atoms with Crippen LogP contribution in [0.1, 0.15) is 5.56 Å². The molecule has 10 heteroatoms. The number of aromatic nitrogens is 4. The minimum atomic E-state index is -0.0504. The first-order chi connectivity index (χ1) is 15.2. The lowest BCUT2D eigenvalue weighted by Gasteiger charge is -2.10. The van der Waals surface area contributed by atoms with Crippen molar-refractivity contribution in [3.05, 3.63) is 71.2 Å². The van der Waals surface area contributed by atoms with Crippen molar-refractivity contribution in [2.24, 2.45) is 5.10 Å². The number of aliphatic hydroxyl groups is 1. The average Bonchev–Trinajstić information content (AvgIpc) is 2.80. The molecule has 0 fully saturated rings. The number of rotatable bonds is 8. The minimum Gasteiger partial charge on any atom is -0.491 e. The summed E-state index contributed by atoms with van der Waals surface area (Å²) in [5, 5.41) is 16.4. The van der Waals surface area contributed by atoms with E-state index in [4.69, 9.17) is 9.84 Å². The lowest BCUT2D eigenvalue weighted by atomic mass is 10.2. The summed E-state index contributed by atoms with van der Waals surface area (Å²) in [6.45, 7) is 0.175. The van der Waals surface area contributed by atoms with Crippen LogP contribution in [-0.2, 0) is 0 Å². The third kappa shape index (κ3) is 5.30. The number of aliphatic hydroxyl groups excluding tert-OH is 1. The molecule has 2 aromatic heterocycles. The van der Waals surface area contributed by atoms with E-state index >= 15 is 0 Å². The Labute approximate surface area is 186 Å². The second-order valence-electron chi connectivity index (χ2n) is 6.29. The SMILES string of the molecule is OCCOc1cccc(Nc2ncnc3c(N/N=C/c4ccc(Br)cc4)ncnc23)c1. The molecule has 156 valence electrons. The number of fused-ring (bicyclic) bond motifs is 1. The van der Waals surface area contributed by atoms with Crippen molar-refractivity contribution < 1.29 is 9.84 Å². The first-order valence-electron chi connectivity index (χ1n) is 9.34. The standard InChI is InChI=1S/C21H18BrN7O2/c22-15-6-4-14(5-7-15)11-27-29-21-19-18(23-13-26-21)20(25-12-24-19)28-16-2-1-3-17(10-16)31-9-8-30/h1-7,10-13,30H,8-9H2,(H,23,26,29)(H,24,25,28)/b27-11+. The Kier molecular flexibility index (Phi) is 6.60. The fourth-order valence-corrected chi connectivity index (χ4v) is 3.00. The number of ether oxygens (including phenoxy) is 1. The maximum absolute atomic E-state index is 8.92. The van der Waals surface area contributed by atoms with Crippen LogP contribution in [0.3, 0.4) is 0 Å². The molecule has 0 saturated heterocycles. The predicted octanol–water partition coefficient (Wildman–Crippen LogP) is 3.74. The van der Waals surface area contributed by atoms with Gasteiger partial charge in [-0.25, -0.2) is 19.9 Å². The van der Waals surface area contributed by atoms with E-state index in [1.165, 1.54) is 12.7 Å². The molecular formula is C21H18BrN7O2. The topological polar surface area (TPSA) is 117 Å². The molecule has 0 aliphatic carbocycles. The van der Waals surface area contributed by atoms with Crippen molar-refractivity contribution in [3.8, 4) is 5.75 Å². The van der Waals surface area contributed by atoms with Gasteiger partial charge in [0.2, 0.25) is 0 Å². The van der Waals surface area contributed by atoms with Gasteiger partial charge in [0.25, 0.3) is 0 Å². The Hall–Kier alpha value is -3.63. The van der Waals surface area contributed by atoms with Gasteiger partial charge in [-0.1, -0.05) is 34.1 Å². The van der Waals surface area contributed by atoms with Gasteiger partial charge in [0.15, 0.2) is 11.6 Å². The first kappa shape index (κ1) is 20.6. The predicted molar refractivity (Wildman–Crippen MR) is 123 cm³/mol. The van der Waals surface area contributed by atoms with Crippen LogP contribution in [0.2, 0.25) is 0 Å². The molecular weight excluding hydrogens is 462 g/mol. The second kappa shape index (κ2) is 9.92. The van der Waals surface area contributed by atoms with Gasteiger partial charge in [0.05, 0.1) is 12.8 Å². The van der Waals surface area contributed by atoms with E-state index in [0.717, 1.165) is 15.7 Å². The number of hydrogen-bond donors (Lipinski definition) is 3. The van der Waals surface area contributed by atoms with Crippen molar-refractivity contribution in [2.75, 3.05) is 24.0 Å². The molecule has 3 N–H and O–H groups in total. The summed E-state index contributed by atoms with van der Waals surface area (Å²) in [5.74, 6) is 1.62. The van der Waals surface area contributed by atoms with E-state index < -0.39 is 0 Å². The number of hydrazone groups is 1. The Morgan fingerprint density at radius 1 is 0.968 bits per heavy atom. The lowest BCUT2D eigenvalue weighted by Crippen LogP contribution is -2.03. The van der Waals surface area contributed by atoms with E-state index in [9.17, 15) is 0 Å². The quantitative estimate of drug-likeness (QED) is 0.258. The average molecular weight is 480 g/mol. The van der Waals surface area contributed by atoms with Crippen LogP contribution in [0.25, 0.3) is 11.0 Å². The van der Waals surface area contributed by atoms with E-state index in [-0.39, 0.29) is 13.2 Å². The second-order valence-corrected chi connectivity index (χ2v) is 7.20. The Bertz CT molecular complexity index is 1200. The van der Waals surface area contributed by atoms with Crippen molar-refractivity contribution >= 4 is 50.5 Å². The van der Waals surface area contributed by atoms with Crippen LogP contribution in [-0.4, -0.2) is 44.5 Å². The van der Waals surface area contributed by atoms with Gasteiger partial charge in [-0.3, -0.25) is 5.43 Å². The number of benzene rings is 2. The number of anilines is 3. The van der Waals surface area contributed by atoms with E-state index in [1.807, 2.05) is 48.5 Å². The number of hydrogen-bond acceptors (Lipinski definition) is 9. The lowest BCUT2D eigenvalue weighted by molar-refractivity contribution is 0.201. The summed E-state index contributed by atoms with van der Waals surface area (Å²) in [5.41, 5.74) is 5.69. The minimum absolute atomic E-state index is 0.0504. The largest absolute Gasteiger partial charge is 0.491 e. The molecule has 2 aromatic carbocycles. The fourth-order valence-electron chi connectivity index (χ4n) is 2.73. The van der Waals surface area contributed by atoms with Gasteiger partial charge >= 0.3 is 0 Å². The molecule has 0 atom stereocenters. The number of nitrogens with one attached hydrogen (secondary N) is 2. The summed E-state index contributed by atoms with van der Waals surface area (Å²) < 4.78 is 6.45. The van der Waals surface area contributed by atoms with Crippen molar-refractivity contribution in [1.82, 2.24) is 19.9 Å². The van der Waals surface area contributed by atoms with Gasteiger partial charge in [0, 0.05) is 16.2 Å². The summed E-state index contributed by atoms with van der Waals surface area (Å²) in [4.78, 5) is 17.2. The molecule has 0 radical (unpaired) electrons. The molecule has 9 nitrogen and oxygen atoms in total. The molecule has 4 rings (SSSR count). The Morgan fingerprint density at radius 2 is 1.71 bits per heavy atom. The molecule has 0 spiro atoms. The highest BCUT2D eigenvalue weighted by molar-refractivity contribution is 9.10. The third-order valence-electron chi connectivity index (χ3n) is 4.13. The molecule has 31 heavy (non-hydrogen) atoms. The maximum Gasteiger partial charge on any atom is 0.176 e. The molecule has 0 bridgehead atoms. The zero-order chi connectivity index (χ0) is 21.5. The van der Waals surface area contributed by atoms with Crippen LogP contribution in [0.15, 0.2) is 70.8 Å². The molecule has 0 unspecified atom stereocenters. The van der Waals surface area contributed by atoms with Gasteiger partial charge in [-0.15, -0.1) is 0 Å². The van der Waals surface area contributed by atoms with E-state index in [2.05, 4.69) is 51.7 Å². The van der Waals surface area contributed by atoms with Crippen LogP contribution < -0.4 is 15.5 Å². The molecule has 2 heterocycles. The van der Waals surface area contributed by atoms with E-state index in [0.29, 0.717) is 28.4 Å². The van der Waals surface area contributed by atoms with Gasteiger partial charge in [-0.2, -0.15) is 5.10 Å². The zero-order valence-corrected chi connectivity index (χ0v) is 17.8. The van der Waals surface area contributed by atoms with Crippen molar-refractivity contribution in [3.63, 3.8) is 0 Å². The van der Waals surface area contributed by atoms with Crippen LogP contribution in [0, 0.1) is 0 Å². The Morgan fingerprint density at radius 3 is 2.48 bits per heavy atom. The molecule has 0 saturated carbocycles. The van der Waals surface area contributed by atoms with E-state index in [1.54, 1.807) is 6.21 Å². The third-order valence-corrected chi connectivity index (χ3v) is 4.66. The van der Waals surface area contributed by atoms with Crippen molar-refractivity contribution in [1.29, 1.82) is 0 Å². The summed E-state index contributed by atoms with van der Waals surface area (Å²) in [6, 6.07) is 15.1. The van der Waals surface area contributed by atoms with Gasteiger partial charge in [-0.05, 0) is 29.8 Å². The highest BCUT2D eigenvalue weighted by Crippen LogP contribution is 2.26. The number of halogens is 1. The highest BCUT2D eigenvalue weighted by atomic mass is 79.9. The molecule has 0 amide bonds. The van der Waals surface area contributed by atoms with Gasteiger partial charge in [0.1, 0.15) is 36.0 Å². The highest BCUT2D eigenvalue weighted by Gasteiger charge is 2.10. The van der Waals surface area contributed by atoms with Crippen LogP contribution >= 0.6 is 15.9 Å². The van der Waals surface area contributed by atoms with Crippen LogP contribution in [0.4, 0.5) is 17.3 Å². The van der Waals surface area contributed by atoms with Crippen LogP contribution in [0.5, 0.6) is 5.75 Å². The maximum atomic E-state index is 8.92. The summed E-state index contributed by atoms with van der Waals surface area (Å²) in [6.07, 6.45) is 4.55. The number of nitrogens with zero attached hydrogens (tertiary/aromatic N) is 5. The fraction of sp³-hybridized carbons (Fsp3) is 0.0952. The van der Waals surface area contributed by atoms with Crippen molar-refractivity contribution in [2.45, 2.75) is 0 Å². The molecule has 0 aliphatic heterocycles. The van der Waals surface area contributed by atoms with Gasteiger partial charge < -0.3 is 15.2 Å². The monoisotopic (exact) mass is 479 g/mol. The Balaban J connectivity index is 1.56. The first-order valence-corrected chi connectivity index (χ1v) is 10.1.